The van der Waals surface area contributed by atoms with Gasteiger partial charge in [-0.2, -0.15) is 20.0 Å². The molecule has 4 aromatic rings. The van der Waals surface area contributed by atoms with Gasteiger partial charge in [-0.1, -0.05) is 0 Å². The van der Waals surface area contributed by atoms with Crippen molar-refractivity contribution in [2.75, 3.05) is 31.1 Å². The molecular weight excluding hydrogens is 396 g/mol. The lowest BCUT2D eigenvalue weighted by molar-refractivity contribution is -0.120. The topological polar surface area (TPSA) is 102 Å². The van der Waals surface area contributed by atoms with Crippen molar-refractivity contribution in [2.24, 2.45) is 11.8 Å². The molecule has 156 valence electrons. The van der Waals surface area contributed by atoms with Crippen molar-refractivity contribution in [3.05, 3.63) is 49.1 Å². The first kappa shape index (κ1) is 18.0. The molecule has 0 spiro atoms. The summed E-state index contributed by atoms with van der Waals surface area (Å²) in [5, 5.41) is 11.7. The molecule has 0 radical (unpaired) electrons. The summed E-state index contributed by atoms with van der Waals surface area (Å²) in [7, 11) is 0. The van der Waals surface area contributed by atoms with E-state index in [-0.39, 0.29) is 0 Å². The van der Waals surface area contributed by atoms with Crippen molar-refractivity contribution in [1.82, 2.24) is 34.7 Å². The van der Waals surface area contributed by atoms with Crippen molar-refractivity contribution in [2.45, 2.75) is 0 Å². The van der Waals surface area contributed by atoms with Gasteiger partial charge in [0.05, 0.1) is 23.8 Å². The monoisotopic (exact) mass is 416 g/mol. The highest BCUT2D eigenvalue weighted by Crippen LogP contribution is 2.32. The summed E-state index contributed by atoms with van der Waals surface area (Å²) in [4.78, 5) is 24.4. The number of nitrogens with zero attached hydrogens (tertiary/aromatic N) is 7. The molecule has 31 heavy (non-hydrogen) atoms. The third kappa shape index (κ3) is 3.12. The predicted molar refractivity (Wildman–Crippen MR) is 112 cm³/mol. The quantitative estimate of drug-likeness (QED) is 0.484. The van der Waals surface area contributed by atoms with Crippen LogP contribution in [0.1, 0.15) is 0 Å². The average molecular weight is 416 g/mol. The Morgan fingerprint density at radius 1 is 1.06 bits per heavy atom. The maximum absolute atomic E-state index is 11.1. The molecule has 2 aliphatic rings. The summed E-state index contributed by atoms with van der Waals surface area (Å²) in [6.45, 7) is 4.62. The highest BCUT2D eigenvalue weighted by Gasteiger charge is 2.36. The molecule has 10 nitrogen and oxygen atoms in total. The third-order valence-corrected chi connectivity index (χ3v) is 6.09. The second-order valence-electron chi connectivity index (χ2n) is 7.92. The van der Waals surface area contributed by atoms with Crippen LogP contribution in [0.2, 0.25) is 0 Å². The molecule has 0 saturated carbocycles. The molecule has 0 unspecified atom stereocenters. The van der Waals surface area contributed by atoms with Gasteiger partial charge in [-0.25, -0.2) is 4.98 Å². The Bertz CT molecular complexity index is 1240. The van der Waals surface area contributed by atoms with E-state index in [9.17, 15) is 4.79 Å². The summed E-state index contributed by atoms with van der Waals surface area (Å²) >= 11 is 0. The number of ether oxygens (including phenoxy) is 1. The van der Waals surface area contributed by atoms with E-state index >= 15 is 0 Å². The molecule has 1 aromatic carbocycles. The fourth-order valence-corrected chi connectivity index (χ4v) is 4.56. The Kier molecular flexibility index (Phi) is 4.17. The van der Waals surface area contributed by atoms with Gasteiger partial charge in [0.15, 0.2) is 0 Å². The first-order valence-electron chi connectivity index (χ1n) is 10.2. The third-order valence-electron chi connectivity index (χ3n) is 6.09. The molecule has 2 atom stereocenters. The number of hydrogen-bond donors (Lipinski definition) is 1. The fraction of sp³-hybridized carbons (Fsp3) is 0.286. The van der Waals surface area contributed by atoms with E-state index in [1.165, 1.54) is 4.80 Å². The Balaban J connectivity index is 1.34. The number of carbonyl (C=O) groups is 1. The maximum Gasteiger partial charge on any atom is 0.298 e. The van der Waals surface area contributed by atoms with Crippen LogP contribution in [0.4, 0.5) is 5.82 Å². The molecule has 5 heterocycles. The van der Waals surface area contributed by atoms with Crippen LogP contribution in [0.5, 0.6) is 5.75 Å². The second kappa shape index (κ2) is 7.17. The molecule has 0 bridgehead atoms. The van der Waals surface area contributed by atoms with Gasteiger partial charge in [0.1, 0.15) is 11.6 Å². The molecule has 0 aliphatic carbocycles. The highest BCUT2D eigenvalue weighted by molar-refractivity contribution is 5.72. The maximum atomic E-state index is 11.1. The van der Waals surface area contributed by atoms with Crippen molar-refractivity contribution in [3.8, 4) is 22.7 Å². The first-order chi connectivity index (χ1) is 15.3. The van der Waals surface area contributed by atoms with Crippen molar-refractivity contribution in [1.29, 1.82) is 0 Å². The summed E-state index contributed by atoms with van der Waals surface area (Å²) in [5.41, 5.74) is 2.05. The number of aromatic nitrogens is 6. The minimum atomic E-state index is 0.383. The van der Waals surface area contributed by atoms with Crippen LogP contribution in [0.3, 0.4) is 0 Å². The lowest BCUT2D eigenvalue weighted by Crippen LogP contribution is -2.26. The highest BCUT2D eigenvalue weighted by atomic mass is 16.5. The number of anilines is 1. The van der Waals surface area contributed by atoms with E-state index in [1.54, 1.807) is 18.5 Å². The van der Waals surface area contributed by atoms with Gasteiger partial charge in [0, 0.05) is 50.2 Å². The smallest absolute Gasteiger partial charge is 0.298 e. The van der Waals surface area contributed by atoms with E-state index < -0.39 is 0 Å². The summed E-state index contributed by atoms with van der Waals surface area (Å²) in [6.07, 6.45) is 7.03. The SMILES string of the molecule is O=COc1cc(-n2nccn2)ccc1-c1cn2ccc(N3C[C@H]4CNC[C@H]4C3)nc2n1. The van der Waals surface area contributed by atoms with Crippen LogP contribution in [-0.2, 0) is 4.79 Å². The van der Waals surface area contributed by atoms with Gasteiger partial charge in [0.25, 0.3) is 6.47 Å². The van der Waals surface area contributed by atoms with Crippen molar-refractivity contribution >= 4 is 18.1 Å². The molecule has 2 aliphatic heterocycles. The zero-order chi connectivity index (χ0) is 20.8. The Hall–Kier alpha value is -3.79. The van der Waals surface area contributed by atoms with Gasteiger partial charge < -0.3 is 15.0 Å². The van der Waals surface area contributed by atoms with E-state index in [0.717, 1.165) is 32.0 Å². The number of benzene rings is 1. The van der Waals surface area contributed by atoms with Crippen LogP contribution in [0.15, 0.2) is 49.1 Å². The number of fused-ring (bicyclic) bond motifs is 2. The Labute approximate surface area is 177 Å². The Morgan fingerprint density at radius 3 is 2.65 bits per heavy atom. The molecule has 1 N–H and O–H groups in total. The zero-order valence-electron chi connectivity index (χ0n) is 16.6. The standard InChI is InChI=1S/C21H20N8O2/c30-13-31-19-7-16(29-23-4-5-24-29)1-2-17(19)18-12-27-6-3-20(26-21(27)25-18)28-10-14-8-22-9-15(14)11-28/h1-7,12-15,22H,8-11H2/t14-,15+. The molecule has 10 heteroatoms. The van der Waals surface area contributed by atoms with E-state index in [4.69, 9.17) is 14.7 Å². The van der Waals surface area contributed by atoms with E-state index in [0.29, 0.717) is 46.8 Å². The summed E-state index contributed by atoms with van der Waals surface area (Å²) in [5.74, 6) is 3.33. The predicted octanol–water partition coefficient (Wildman–Crippen LogP) is 1.17. The van der Waals surface area contributed by atoms with Crippen LogP contribution >= 0.6 is 0 Å². The zero-order valence-corrected chi connectivity index (χ0v) is 16.6. The largest absolute Gasteiger partial charge is 0.428 e. The molecule has 0 amide bonds. The normalized spacial score (nSPS) is 20.3. The number of hydrogen-bond acceptors (Lipinski definition) is 8. The minimum Gasteiger partial charge on any atom is -0.428 e. The lowest BCUT2D eigenvalue weighted by Gasteiger charge is -2.18. The number of rotatable bonds is 5. The molecule has 6 rings (SSSR count). The van der Waals surface area contributed by atoms with E-state index in [2.05, 4.69) is 20.4 Å². The van der Waals surface area contributed by atoms with Gasteiger partial charge in [-0.3, -0.25) is 9.20 Å². The summed E-state index contributed by atoms with van der Waals surface area (Å²) < 4.78 is 7.12. The number of nitrogens with one attached hydrogen (secondary N) is 1. The van der Waals surface area contributed by atoms with Crippen LogP contribution in [0, 0.1) is 11.8 Å². The molecular formula is C21H20N8O2. The minimum absolute atomic E-state index is 0.383. The van der Waals surface area contributed by atoms with Crippen LogP contribution in [0.25, 0.3) is 22.7 Å². The Morgan fingerprint density at radius 2 is 1.87 bits per heavy atom. The molecule has 3 aromatic heterocycles. The van der Waals surface area contributed by atoms with Crippen LogP contribution in [-0.4, -0.2) is 62.0 Å². The van der Waals surface area contributed by atoms with Crippen LogP contribution < -0.4 is 15.0 Å². The number of carbonyl (C=O) groups excluding carboxylic acids is 1. The van der Waals surface area contributed by atoms with Gasteiger partial charge in [0.2, 0.25) is 5.78 Å². The van der Waals surface area contributed by atoms with Crippen molar-refractivity contribution in [3.63, 3.8) is 0 Å². The second-order valence-corrected chi connectivity index (χ2v) is 7.92. The van der Waals surface area contributed by atoms with Gasteiger partial charge in [-0.15, -0.1) is 0 Å². The molecule has 2 fully saturated rings. The van der Waals surface area contributed by atoms with E-state index in [1.807, 2.05) is 35.0 Å². The fourth-order valence-electron chi connectivity index (χ4n) is 4.56. The van der Waals surface area contributed by atoms with Gasteiger partial charge >= 0.3 is 0 Å². The lowest BCUT2D eigenvalue weighted by atomic mass is 10.0. The van der Waals surface area contributed by atoms with Gasteiger partial charge in [-0.05, 0) is 30.0 Å². The first-order valence-corrected chi connectivity index (χ1v) is 10.2. The number of imidazole rings is 1. The average Bonchev–Trinajstić information content (AvgIpc) is 3.57. The molecule has 2 saturated heterocycles. The summed E-state index contributed by atoms with van der Waals surface area (Å²) in [6, 6.07) is 7.44. The van der Waals surface area contributed by atoms with Crippen molar-refractivity contribution < 1.29 is 9.53 Å².